The zero-order valence-corrected chi connectivity index (χ0v) is 22.3. The van der Waals surface area contributed by atoms with E-state index in [9.17, 15) is 65.5 Å². The fourth-order valence-corrected chi connectivity index (χ4v) is 4.65. The number of pyridine rings is 1. The fraction of sp³-hybridized carbons (Fsp3) is 0.600. The van der Waals surface area contributed by atoms with Gasteiger partial charge in [-0.3, -0.25) is 0 Å². The number of sulfonamides is 2. The number of nitrogens with zero attached hydrogens (tertiary/aromatic N) is 2. The zero-order valence-electron chi connectivity index (χ0n) is 20.7. The first-order valence-corrected chi connectivity index (χ1v) is 13.6. The number of esters is 1. The van der Waals surface area contributed by atoms with Gasteiger partial charge in [0.25, 0.3) is 0 Å². The number of rotatable bonds is 12. The van der Waals surface area contributed by atoms with Gasteiger partial charge in [0.15, 0.2) is 32.4 Å². The van der Waals surface area contributed by atoms with E-state index in [1.807, 2.05) is 0 Å². The third kappa shape index (κ3) is 10.2. The van der Waals surface area contributed by atoms with Crippen LogP contribution in [0.15, 0.2) is 36.7 Å². The number of halogens is 10. The molecular weight excluding hydrogens is 618 g/mol. The number of carbonyl (C=O) groups excluding carboxylic acids is 1. The van der Waals surface area contributed by atoms with Gasteiger partial charge in [0.2, 0.25) is 0 Å². The highest BCUT2D eigenvalue weighted by Gasteiger charge is 2.68. The molecule has 0 saturated carbocycles. The van der Waals surface area contributed by atoms with Gasteiger partial charge in [-0.15, -0.1) is 0 Å². The van der Waals surface area contributed by atoms with E-state index in [0.717, 1.165) is 19.4 Å². The molecule has 0 aliphatic heterocycles. The summed E-state index contributed by atoms with van der Waals surface area (Å²) in [6, 6.07) is 4.19. The summed E-state index contributed by atoms with van der Waals surface area (Å²) in [5.41, 5.74) is 1.74. The molecule has 0 N–H and O–H groups in total. The van der Waals surface area contributed by atoms with Crippen molar-refractivity contribution in [1.29, 1.82) is 0 Å². The Balaban J connectivity index is 0.000000763. The fourth-order valence-electron chi connectivity index (χ4n) is 2.28. The van der Waals surface area contributed by atoms with Crippen LogP contribution in [0.2, 0.25) is 0 Å². The van der Waals surface area contributed by atoms with Crippen LogP contribution in [0.5, 0.6) is 0 Å². The van der Waals surface area contributed by atoms with Crippen molar-refractivity contribution < 1.29 is 74.8 Å². The van der Waals surface area contributed by atoms with Gasteiger partial charge in [-0.1, -0.05) is 19.9 Å². The molecule has 0 unspecified atom stereocenters. The smallest absolute Gasteiger partial charge is 0.462 e. The Hall–Kier alpha value is -2.48. The highest BCUT2D eigenvalue weighted by Crippen LogP contribution is 2.47. The summed E-state index contributed by atoms with van der Waals surface area (Å²) >= 11 is 0. The lowest BCUT2D eigenvalue weighted by molar-refractivity contribution is -0.697. The third-order valence-electron chi connectivity index (χ3n) is 4.38. The SMILES string of the molecule is C=C(C)C(=O)OCCCc1ccc[n+](CCCC)c1.O=S(=O)([N-]S(=O)(=O)C(F)(F)C(F)(F)F)C(F)(F)C(F)(F)F. The summed E-state index contributed by atoms with van der Waals surface area (Å²) in [6.45, 7) is 8.93. The molecule has 0 aromatic carbocycles. The summed E-state index contributed by atoms with van der Waals surface area (Å²) in [7, 11) is -15.2. The van der Waals surface area contributed by atoms with Crippen molar-refractivity contribution in [3.05, 3.63) is 46.4 Å². The van der Waals surface area contributed by atoms with Crippen LogP contribution in [0.3, 0.4) is 0 Å². The maximum absolute atomic E-state index is 12.3. The molecule has 0 aliphatic rings. The van der Waals surface area contributed by atoms with Crippen LogP contribution in [-0.4, -0.2) is 52.3 Å². The molecule has 0 saturated heterocycles. The zero-order chi connectivity index (χ0) is 31.8. The van der Waals surface area contributed by atoms with Gasteiger partial charge in [0, 0.05) is 23.6 Å². The summed E-state index contributed by atoms with van der Waals surface area (Å²) in [5, 5.41) is -14.0. The molecule has 1 aromatic rings. The van der Waals surface area contributed by atoms with Crippen molar-refractivity contribution in [3.8, 4) is 0 Å². The number of unbranched alkanes of at least 4 members (excludes halogenated alkanes) is 1. The van der Waals surface area contributed by atoms with Gasteiger partial charge in [-0.25, -0.2) is 26.2 Å². The van der Waals surface area contributed by atoms with E-state index in [-0.39, 0.29) is 5.97 Å². The molecule has 0 fully saturated rings. The van der Waals surface area contributed by atoms with Crippen LogP contribution in [-0.2, 0) is 42.5 Å². The van der Waals surface area contributed by atoms with E-state index < -0.39 is 42.9 Å². The van der Waals surface area contributed by atoms with E-state index in [2.05, 4.69) is 42.6 Å². The van der Waals surface area contributed by atoms with Crippen molar-refractivity contribution in [2.45, 2.75) is 68.9 Å². The van der Waals surface area contributed by atoms with Crippen molar-refractivity contribution in [2.75, 3.05) is 6.61 Å². The van der Waals surface area contributed by atoms with Crippen LogP contribution in [0.1, 0.15) is 38.7 Å². The lowest BCUT2D eigenvalue weighted by Crippen LogP contribution is -2.48. The maximum Gasteiger partial charge on any atom is 0.467 e. The molecule has 0 spiro atoms. The summed E-state index contributed by atoms with van der Waals surface area (Å²) < 4.78 is 168. The topological polar surface area (TPSA) is 113 Å². The second-order valence-corrected chi connectivity index (χ2v) is 11.4. The molecule has 0 radical (unpaired) electrons. The standard InChI is InChI=1S/C16H24NO2.C4F10NO4S2/c1-4-5-10-17-11-6-8-15(13-17)9-7-12-19-16(18)14(2)3;5-1(6,7)3(11,12)20(16,17)15-21(18,19)4(13,14)2(8,9)10/h6,8,11,13H,2,4-5,7,9-10,12H2,1,3H3;/q+1;-1. The first kappa shape index (κ1) is 37.5. The van der Waals surface area contributed by atoms with Crippen LogP contribution in [0.25, 0.3) is 4.13 Å². The average molecular weight is 643 g/mol. The minimum atomic E-state index is -7.62. The number of ether oxygens (including phenoxy) is 1. The molecule has 0 aliphatic carbocycles. The first-order valence-electron chi connectivity index (χ1n) is 10.8. The number of hydrogen-bond acceptors (Lipinski definition) is 6. The Morgan fingerprint density at radius 2 is 1.40 bits per heavy atom. The molecule has 1 aromatic heterocycles. The molecular formula is C20H24F10N2O6S2. The quantitative estimate of drug-likeness (QED) is 0.102. The molecule has 8 nitrogen and oxygen atoms in total. The van der Waals surface area contributed by atoms with Crippen molar-refractivity contribution in [1.82, 2.24) is 0 Å². The van der Waals surface area contributed by atoms with Gasteiger partial charge in [-0.05, 0) is 25.8 Å². The van der Waals surface area contributed by atoms with Gasteiger partial charge in [-0.2, -0.15) is 43.9 Å². The molecule has 40 heavy (non-hydrogen) atoms. The molecule has 1 rings (SSSR count). The number of hydrogen-bond donors (Lipinski definition) is 0. The van der Waals surface area contributed by atoms with E-state index in [0.29, 0.717) is 16.3 Å². The lowest BCUT2D eigenvalue weighted by atomic mass is 10.1. The van der Waals surface area contributed by atoms with E-state index in [1.165, 1.54) is 18.4 Å². The number of aromatic nitrogens is 1. The predicted octanol–water partition coefficient (Wildman–Crippen LogP) is 5.16. The minimum Gasteiger partial charge on any atom is -0.462 e. The first-order chi connectivity index (χ1) is 17.8. The molecule has 0 atom stereocenters. The average Bonchev–Trinajstić information content (AvgIpc) is 2.78. The summed E-state index contributed by atoms with van der Waals surface area (Å²) in [4.78, 5) is 11.2. The highest BCUT2D eigenvalue weighted by atomic mass is 32.3. The Labute approximate surface area is 223 Å². The largest absolute Gasteiger partial charge is 0.467 e. The van der Waals surface area contributed by atoms with Crippen LogP contribution in [0.4, 0.5) is 43.9 Å². The van der Waals surface area contributed by atoms with Crippen LogP contribution >= 0.6 is 0 Å². The maximum atomic E-state index is 12.3. The Morgan fingerprint density at radius 3 is 1.80 bits per heavy atom. The highest BCUT2D eigenvalue weighted by molar-refractivity contribution is 8.13. The van der Waals surface area contributed by atoms with E-state index in [4.69, 9.17) is 4.74 Å². The monoisotopic (exact) mass is 642 g/mol. The Bertz CT molecular complexity index is 1180. The Morgan fingerprint density at radius 1 is 0.925 bits per heavy atom. The van der Waals surface area contributed by atoms with Gasteiger partial charge < -0.3 is 8.86 Å². The Kier molecular flexibility index (Phi) is 13.1. The lowest BCUT2D eigenvalue weighted by Gasteiger charge is -2.31. The predicted molar refractivity (Wildman–Crippen MR) is 119 cm³/mol. The number of aryl methyl sites for hydroxylation is 2. The normalized spacial score (nSPS) is 13.3. The minimum absolute atomic E-state index is 0.300. The van der Waals surface area contributed by atoms with Crippen molar-refractivity contribution in [2.24, 2.45) is 0 Å². The van der Waals surface area contributed by atoms with Gasteiger partial charge in [0.1, 0.15) is 6.54 Å². The summed E-state index contributed by atoms with van der Waals surface area (Å²) in [5.74, 6) is -0.300. The summed E-state index contributed by atoms with van der Waals surface area (Å²) in [6.07, 6.45) is -5.56. The van der Waals surface area contributed by atoms with Crippen LogP contribution < -0.4 is 4.57 Å². The molecule has 232 valence electrons. The van der Waals surface area contributed by atoms with Gasteiger partial charge in [0.05, 0.1) is 6.61 Å². The molecule has 20 heteroatoms. The second-order valence-electron chi connectivity index (χ2n) is 7.88. The molecule has 0 bridgehead atoms. The third-order valence-corrected chi connectivity index (χ3v) is 7.71. The second kappa shape index (κ2) is 13.9. The van der Waals surface area contributed by atoms with Gasteiger partial charge >= 0.3 is 28.8 Å². The van der Waals surface area contributed by atoms with Crippen molar-refractivity contribution in [3.63, 3.8) is 0 Å². The number of alkyl halides is 10. The molecule has 0 amide bonds. The van der Waals surface area contributed by atoms with E-state index >= 15 is 0 Å². The molecule has 1 heterocycles. The van der Waals surface area contributed by atoms with Crippen molar-refractivity contribution >= 4 is 26.0 Å². The van der Waals surface area contributed by atoms with E-state index in [1.54, 1.807) is 6.92 Å². The van der Waals surface area contributed by atoms with Crippen LogP contribution in [0, 0.1) is 0 Å². The number of carbonyl (C=O) groups is 1.